The van der Waals surface area contributed by atoms with Gasteiger partial charge in [0.05, 0.1) is 17.6 Å². The zero-order valence-electron chi connectivity index (χ0n) is 19.5. The third-order valence-electron chi connectivity index (χ3n) is 6.49. The molecular weight excluding hydrogens is 446 g/mol. The molecule has 3 aromatic carbocycles. The second-order valence-corrected chi connectivity index (χ2v) is 9.35. The summed E-state index contributed by atoms with van der Waals surface area (Å²) in [4.78, 5) is 19.7. The standard InChI is InChI=1S/C28H28ClN3O2/c1-19-7-5-8-20(2)27(19)34-16-6-15-31-25-10-4-3-9-24(25)30-28(31)21-17-26(33)32(18-21)23-13-11-22(29)12-14-23/h3-5,7-14,21H,6,15-18H2,1-2H3/t21-/m0/s1. The fourth-order valence-electron chi connectivity index (χ4n) is 4.82. The van der Waals surface area contributed by atoms with Crippen LogP contribution in [0.2, 0.25) is 5.02 Å². The van der Waals surface area contributed by atoms with Crippen LogP contribution in [0.1, 0.15) is 35.7 Å². The van der Waals surface area contributed by atoms with E-state index in [1.807, 2.05) is 47.4 Å². The molecule has 0 unspecified atom stereocenters. The Labute approximate surface area is 204 Å². The van der Waals surface area contributed by atoms with Crippen molar-refractivity contribution in [1.29, 1.82) is 0 Å². The zero-order valence-corrected chi connectivity index (χ0v) is 20.3. The van der Waals surface area contributed by atoms with Crippen LogP contribution in [0.4, 0.5) is 5.69 Å². The van der Waals surface area contributed by atoms with E-state index >= 15 is 0 Å². The first-order valence-electron chi connectivity index (χ1n) is 11.7. The van der Waals surface area contributed by atoms with E-state index in [1.54, 1.807) is 0 Å². The first-order valence-corrected chi connectivity index (χ1v) is 12.1. The van der Waals surface area contributed by atoms with Crippen molar-refractivity contribution < 1.29 is 9.53 Å². The van der Waals surface area contributed by atoms with Gasteiger partial charge in [-0.15, -0.1) is 0 Å². The summed E-state index contributed by atoms with van der Waals surface area (Å²) in [6.45, 7) is 6.17. The van der Waals surface area contributed by atoms with Gasteiger partial charge in [-0.25, -0.2) is 4.98 Å². The maximum Gasteiger partial charge on any atom is 0.227 e. The molecule has 5 rings (SSSR count). The lowest BCUT2D eigenvalue weighted by atomic mass is 10.1. The number of aryl methyl sites for hydroxylation is 3. The van der Waals surface area contributed by atoms with Gasteiger partial charge in [-0.05, 0) is 67.8 Å². The summed E-state index contributed by atoms with van der Waals surface area (Å²) in [5.74, 6) is 2.09. The van der Waals surface area contributed by atoms with E-state index < -0.39 is 0 Å². The van der Waals surface area contributed by atoms with Gasteiger partial charge in [0.25, 0.3) is 0 Å². The van der Waals surface area contributed by atoms with Gasteiger partial charge in [0.15, 0.2) is 0 Å². The predicted octanol–water partition coefficient (Wildman–Crippen LogP) is 6.30. The van der Waals surface area contributed by atoms with Crippen molar-refractivity contribution in [2.24, 2.45) is 0 Å². The maximum atomic E-state index is 12.9. The van der Waals surface area contributed by atoms with Gasteiger partial charge in [-0.2, -0.15) is 0 Å². The molecule has 1 atom stereocenters. The molecule has 0 aliphatic carbocycles. The van der Waals surface area contributed by atoms with Crippen molar-refractivity contribution in [2.45, 2.75) is 39.2 Å². The number of hydrogen-bond donors (Lipinski definition) is 0. The van der Waals surface area contributed by atoms with Crippen LogP contribution >= 0.6 is 11.6 Å². The van der Waals surface area contributed by atoms with Crippen LogP contribution in [0.5, 0.6) is 5.75 Å². The second-order valence-electron chi connectivity index (χ2n) is 8.92. The maximum absolute atomic E-state index is 12.9. The van der Waals surface area contributed by atoms with E-state index in [-0.39, 0.29) is 11.8 Å². The monoisotopic (exact) mass is 473 g/mol. The van der Waals surface area contributed by atoms with Crippen LogP contribution in [0.3, 0.4) is 0 Å². The number of imidazole rings is 1. The molecule has 6 heteroatoms. The normalized spacial score (nSPS) is 15.9. The molecule has 1 saturated heterocycles. The van der Waals surface area contributed by atoms with Crippen molar-refractivity contribution in [3.05, 3.63) is 88.7 Å². The number of aromatic nitrogens is 2. The molecule has 0 saturated carbocycles. The highest BCUT2D eigenvalue weighted by Gasteiger charge is 2.34. The SMILES string of the molecule is Cc1cccc(C)c1OCCCn1c([C@H]2CC(=O)N(c3ccc(Cl)cc3)C2)nc2ccccc21. The Balaban J connectivity index is 1.35. The number of benzene rings is 3. The van der Waals surface area contributed by atoms with Gasteiger partial charge < -0.3 is 14.2 Å². The highest BCUT2D eigenvalue weighted by molar-refractivity contribution is 6.30. The number of anilines is 1. The smallest absolute Gasteiger partial charge is 0.227 e. The molecule has 34 heavy (non-hydrogen) atoms. The Morgan fingerprint density at radius 2 is 1.74 bits per heavy atom. The van der Waals surface area contributed by atoms with E-state index in [1.165, 1.54) is 0 Å². The minimum atomic E-state index is 0.0371. The van der Waals surface area contributed by atoms with Crippen LogP contribution in [-0.2, 0) is 11.3 Å². The van der Waals surface area contributed by atoms with Crippen LogP contribution in [-0.4, -0.2) is 28.6 Å². The minimum Gasteiger partial charge on any atom is -0.493 e. The Bertz CT molecular complexity index is 1310. The third-order valence-corrected chi connectivity index (χ3v) is 6.75. The number of rotatable bonds is 7. The highest BCUT2D eigenvalue weighted by Crippen LogP contribution is 2.34. The summed E-state index contributed by atoms with van der Waals surface area (Å²) in [7, 11) is 0. The molecule has 5 nitrogen and oxygen atoms in total. The molecule has 2 heterocycles. The van der Waals surface area contributed by atoms with Gasteiger partial charge >= 0.3 is 0 Å². The first-order chi connectivity index (χ1) is 16.5. The lowest BCUT2D eigenvalue weighted by Gasteiger charge is -2.18. The summed E-state index contributed by atoms with van der Waals surface area (Å²) < 4.78 is 8.41. The number of ether oxygens (including phenoxy) is 1. The molecule has 1 aliphatic heterocycles. The van der Waals surface area contributed by atoms with Gasteiger partial charge in [0, 0.05) is 36.1 Å². The van der Waals surface area contributed by atoms with Crippen molar-refractivity contribution >= 4 is 34.2 Å². The quantitative estimate of drug-likeness (QED) is 0.296. The van der Waals surface area contributed by atoms with E-state index in [9.17, 15) is 4.79 Å². The number of hydrogen-bond acceptors (Lipinski definition) is 3. The number of carbonyl (C=O) groups is 1. The van der Waals surface area contributed by atoms with Crippen LogP contribution < -0.4 is 9.64 Å². The molecule has 4 aromatic rings. The average molecular weight is 474 g/mol. The number of nitrogens with zero attached hydrogens (tertiary/aromatic N) is 3. The number of carbonyl (C=O) groups excluding carboxylic acids is 1. The molecule has 1 fully saturated rings. The lowest BCUT2D eigenvalue weighted by Crippen LogP contribution is -2.24. The Morgan fingerprint density at radius 3 is 2.50 bits per heavy atom. The second kappa shape index (κ2) is 9.51. The van der Waals surface area contributed by atoms with Crippen molar-refractivity contribution in [1.82, 2.24) is 9.55 Å². The number of fused-ring (bicyclic) bond motifs is 1. The van der Waals surface area contributed by atoms with Crippen LogP contribution in [0.15, 0.2) is 66.7 Å². The summed E-state index contributed by atoms with van der Waals surface area (Å²) in [6.07, 6.45) is 1.30. The molecular formula is C28H28ClN3O2. The minimum absolute atomic E-state index is 0.0371. The molecule has 1 aliphatic rings. The van der Waals surface area contributed by atoms with E-state index in [0.29, 0.717) is 24.6 Å². The lowest BCUT2D eigenvalue weighted by molar-refractivity contribution is -0.117. The van der Waals surface area contributed by atoms with Gasteiger partial charge in [0.1, 0.15) is 11.6 Å². The highest BCUT2D eigenvalue weighted by atomic mass is 35.5. The van der Waals surface area contributed by atoms with Crippen molar-refractivity contribution in [3.63, 3.8) is 0 Å². The molecule has 1 amide bonds. The molecule has 1 aromatic heterocycles. The summed E-state index contributed by atoms with van der Waals surface area (Å²) in [6, 6.07) is 21.8. The molecule has 0 bridgehead atoms. The fourth-order valence-corrected chi connectivity index (χ4v) is 4.94. The van der Waals surface area contributed by atoms with Gasteiger partial charge in [-0.3, -0.25) is 4.79 Å². The summed E-state index contributed by atoms with van der Waals surface area (Å²) in [5, 5.41) is 0.664. The number of halogens is 1. The van der Waals surface area contributed by atoms with E-state index in [2.05, 4.69) is 42.7 Å². The van der Waals surface area contributed by atoms with Crippen molar-refractivity contribution in [3.8, 4) is 5.75 Å². The largest absolute Gasteiger partial charge is 0.493 e. The Morgan fingerprint density at radius 1 is 1.00 bits per heavy atom. The third kappa shape index (κ3) is 4.40. The van der Waals surface area contributed by atoms with Gasteiger partial charge in [-0.1, -0.05) is 41.9 Å². The van der Waals surface area contributed by atoms with Gasteiger partial charge in [0.2, 0.25) is 5.91 Å². The number of amides is 1. The Kier molecular flexibility index (Phi) is 6.29. The van der Waals surface area contributed by atoms with Crippen molar-refractivity contribution in [2.75, 3.05) is 18.1 Å². The van der Waals surface area contributed by atoms with E-state index in [0.717, 1.165) is 52.4 Å². The Hall–Kier alpha value is -3.31. The van der Waals surface area contributed by atoms with E-state index in [4.69, 9.17) is 21.3 Å². The number of para-hydroxylation sites is 3. The van der Waals surface area contributed by atoms with Crippen LogP contribution in [0.25, 0.3) is 11.0 Å². The molecule has 0 N–H and O–H groups in total. The molecule has 0 spiro atoms. The molecule has 174 valence electrons. The average Bonchev–Trinajstić information content (AvgIpc) is 3.39. The summed E-state index contributed by atoms with van der Waals surface area (Å²) in [5.41, 5.74) is 5.25. The summed E-state index contributed by atoms with van der Waals surface area (Å²) >= 11 is 6.03. The topological polar surface area (TPSA) is 47.4 Å². The van der Waals surface area contributed by atoms with Crippen LogP contribution in [0, 0.1) is 13.8 Å². The zero-order chi connectivity index (χ0) is 23.7. The predicted molar refractivity (Wildman–Crippen MR) is 137 cm³/mol. The molecule has 0 radical (unpaired) electrons. The fraction of sp³-hybridized carbons (Fsp3) is 0.286. The first kappa shape index (κ1) is 22.5.